The number of ether oxygens (including phenoxy) is 1. The summed E-state index contributed by atoms with van der Waals surface area (Å²) in [5, 5.41) is 0.613. The Morgan fingerprint density at radius 1 is 1.33 bits per heavy atom. The number of nitrogens with two attached hydrogens (primary N) is 1. The summed E-state index contributed by atoms with van der Waals surface area (Å²) in [6.45, 7) is 6.56. The number of anilines is 1. The van der Waals surface area contributed by atoms with Gasteiger partial charge >= 0.3 is 5.97 Å². The molecule has 0 aliphatic carbocycles. The van der Waals surface area contributed by atoms with Gasteiger partial charge in [-0.15, -0.1) is 0 Å². The molecule has 0 amide bonds. The van der Waals surface area contributed by atoms with E-state index >= 15 is 0 Å². The molecule has 0 atom stereocenters. The molecule has 1 rings (SSSR count). The molecule has 2 N–H and O–H groups in total. The van der Waals surface area contributed by atoms with Crippen LogP contribution in [-0.2, 0) is 4.74 Å². The van der Waals surface area contributed by atoms with Crippen LogP contribution in [0.4, 0.5) is 5.69 Å². The molecule has 100 valence electrons. The maximum absolute atomic E-state index is 11.8. The molecule has 18 heavy (non-hydrogen) atoms. The summed E-state index contributed by atoms with van der Waals surface area (Å²) < 4.78 is 5.16. The summed E-state index contributed by atoms with van der Waals surface area (Å²) in [5.41, 5.74) is 6.23. The minimum absolute atomic E-state index is 0.109. The van der Waals surface area contributed by atoms with Crippen LogP contribution >= 0.6 is 23.2 Å². The highest BCUT2D eigenvalue weighted by molar-refractivity contribution is 6.37. The Bertz CT molecular complexity index is 453. The third kappa shape index (κ3) is 4.39. The van der Waals surface area contributed by atoms with Crippen molar-refractivity contribution in [2.75, 3.05) is 12.3 Å². The number of hydrogen-bond acceptors (Lipinski definition) is 3. The number of carbonyl (C=O) groups is 1. The molecule has 0 aromatic heterocycles. The fraction of sp³-hybridized carbons (Fsp3) is 0.462. The van der Waals surface area contributed by atoms with Gasteiger partial charge in [-0.25, -0.2) is 4.79 Å². The first-order valence-electron chi connectivity index (χ1n) is 5.62. The summed E-state index contributed by atoms with van der Waals surface area (Å²) in [6.07, 6.45) is 0.771. The lowest BCUT2D eigenvalue weighted by atomic mass is 9.93. The zero-order valence-corrected chi connectivity index (χ0v) is 12.2. The average molecular weight is 290 g/mol. The summed E-state index contributed by atoms with van der Waals surface area (Å²) >= 11 is 11.7. The molecule has 0 heterocycles. The van der Waals surface area contributed by atoms with Crippen molar-refractivity contribution in [2.24, 2.45) is 5.41 Å². The Hall–Kier alpha value is -0.930. The summed E-state index contributed by atoms with van der Waals surface area (Å²) in [5.74, 6) is -0.499. The highest BCUT2D eigenvalue weighted by Gasteiger charge is 2.16. The monoisotopic (exact) mass is 289 g/mol. The number of nitrogen functional groups attached to an aromatic ring is 1. The molecule has 0 fully saturated rings. The van der Waals surface area contributed by atoms with Gasteiger partial charge in [0.05, 0.1) is 22.9 Å². The minimum Gasteiger partial charge on any atom is -0.462 e. The molecule has 0 unspecified atom stereocenters. The predicted molar refractivity (Wildman–Crippen MR) is 75.2 cm³/mol. The number of benzene rings is 1. The number of carbonyl (C=O) groups excluding carboxylic acids is 1. The van der Waals surface area contributed by atoms with Gasteiger partial charge < -0.3 is 10.5 Å². The second-order valence-corrected chi connectivity index (χ2v) is 6.14. The SMILES string of the molecule is CC(C)(C)CCOC(=O)c1cc(Cl)cc(Cl)c1N. The molecule has 0 aliphatic rings. The Balaban J connectivity index is 2.73. The van der Waals surface area contributed by atoms with Gasteiger partial charge in [-0.3, -0.25) is 0 Å². The molecule has 0 spiro atoms. The number of esters is 1. The van der Waals surface area contributed by atoms with Crippen LogP contribution in [-0.4, -0.2) is 12.6 Å². The Morgan fingerprint density at radius 2 is 1.94 bits per heavy atom. The molecular formula is C13H17Cl2NO2. The third-order valence-electron chi connectivity index (χ3n) is 2.40. The van der Waals surface area contributed by atoms with E-state index in [1.807, 2.05) is 0 Å². The second-order valence-electron chi connectivity index (χ2n) is 5.30. The Morgan fingerprint density at radius 3 is 2.50 bits per heavy atom. The molecule has 3 nitrogen and oxygen atoms in total. The van der Waals surface area contributed by atoms with E-state index in [-0.39, 0.29) is 21.7 Å². The van der Waals surface area contributed by atoms with E-state index in [1.54, 1.807) is 0 Å². The van der Waals surface area contributed by atoms with Crippen LogP contribution in [0.1, 0.15) is 37.6 Å². The smallest absolute Gasteiger partial charge is 0.340 e. The van der Waals surface area contributed by atoms with Gasteiger partial charge in [-0.1, -0.05) is 44.0 Å². The molecule has 0 radical (unpaired) electrons. The van der Waals surface area contributed by atoms with Gasteiger partial charge in [-0.05, 0) is 24.0 Å². The van der Waals surface area contributed by atoms with Gasteiger partial charge in [0.15, 0.2) is 0 Å². The first-order valence-corrected chi connectivity index (χ1v) is 6.38. The average Bonchev–Trinajstić information content (AvgIpc) is 2.21. The fourth-order valence-corrected chi connectivity index (χ4v) is 1.77. The van der Waals surface area contributed by atoms with E-state index in [0.717, 1.165) is 6.42 Å². The second kappa shape index (κ2) is 5.81. The van der Waals surface area contributed by atoms with Gasteiger partial charge in [0.1, 0.15) is 0 Å². The topological polar surface area (TPSA) is 52.3 Å². The maximum atomic E-state index is 11.8. The first kappa shape index (κ1) is 15.1. The lowest BCUT2D eigenvalue weighted by Crippen LogP contribution is -2.14. The molecule has 0 bridgehead atoms. The minimum atomic E-state index is -0.499. The van der Waals surface area contributed by atoms with Crippen molar-refractivity contribution in [3.63, 3.8) is 0 Å². The van der Waals surface area contributed by atoms with Crippen molar-refractivity contribution in [1.82, 2.24) is 0 Å². The molecule has 1 aromatic carbocycles. The highest BCUT2D eigenvalue weighted by Crippen LogP contribution is 2.28. The van der Waals surface area contributed by atoms with E-state index in [0.29, 0.717) is 11.6 Å². The predicted octanol–water partition coefficient (Wildman–Crippen LogP) is 4.17. The maximum Gasteiger partial charge on any atom is 0.340 e. The lowest BCUT2D eigenvalue weighted by molar-refractivity contribution is 0.0466. The largest absolute Gasteiger partial charge is 0.462 e. The standard InChI is InChI=1S/C13H17Cl2NO2/c1-13(2,3)4-5-18-12(17)9-6-8(14)7-10(15)11(9)16/h6-7H,4-5,16H2,1-3H3. The first-order chi connectivity index (χ1) is 8.20. The third-order valence-corrected chi connectivity index (χ3v) is 2.93. The highest BCUT2D eigenvalue weighted by atomic mass is 35.5. The van der Waals surface area contributed by atoms with Gasteiger partial charge in [-0.2, -0.15) is 0 Å². The number of hydrogen-bond donors (Lipinski definition) is 1. The van der Waals surface area contributed by atoms with Crippen molar-refractivity contribution in [1.29, 1.82) is 0 Å². The van der Waals surface area contributed by atoms with Crippen molar-refractivity contribution in [3.8, 4) is 0 Å². The Kier molecular flexibility index (Phi) is 4.88. The van der Waals surface area contributed by atoms with E-state index in [1.165, 1.54) is 12.1 Å². The molecule has 0 saturated carbocycles. The van der Waals surface area contributed by atoms with Gasteiger partial charge in [0, 0.05) is 5.02 Å². The molecule has 5 heteroatoms. The summed E-state index contributed by atoms with van der Waals surface area (Å²) in [7, 11) is 0. The van der Waals surface area contributed by atoms with Crippen LogP contribution < -0.4 is 5.73 Å². The molecule has 0 aliphatic heterocycles. The van der Waals surface area contributed by atoms with Gasteiger partial charge in [0.25, 0.3) is 0 Å². The lowest BCUT2D eigenvalue weighted by Gasteiger charge is -2.17. The van der Waals surface area contributed by atoms with Crippen molar-refractivity contribution in [3.05, 3.63) is 27.7 Å². The van der Waals surface area contributed by atoms with Crippen LogP contribution in [0.25, 0.3) is 0 Å². The van der Waals surface area contributed by atoms with Crippen molar-refractivity contribution in [2.45, 2.75) is 27.2 Å². The van der Waals surface area contributed by atoms with Crippen molar-refractivity contribution < 1.29 is 9.53 Å². The summed E-state index contributed by atoms with van der Waals surface area (Å²) in [6, 6.07) is 2.95. The normalized spacial score (nSPS) is 11.4. The van der Waals surface area contributed by atoms with E-state index < -0.39 is 5.97 Å². The number of rotatable bonds is 3. The van der Waals surface area contributed by atoms with Gasteiger partial charge in [0.2, 0.25) is 0 Å². The van der Waals surface area contributed by atoms with Crippen LogP contribution in [0, 0.1) is 5.41 Å². The number of halogens is 2. The fourth-order valence-electron chi connectivity index (χ4n) is 1.28. The van der Waals surface area contributed by atoms with Crippen LogP contribution in [0.2, 0.25) is 10.0 Å². The van der Waals surface area contributed by atoms with E-state index in [4.69, 9.17) is 33.7 Å². The van der Waals surface area contributed by atoms with Crippen LogP contribution in [0.5, 0.6) is 0 Å². The Labute approximate surface area is 117 Å². The molecular weight excluding hydrogens is 273 g/mol. The molecule has 1 aromatic rings. The van der Waals surface area contributed by atoms with Crippen molar-refractivity contribution >= 4 is 34.9 Å². The van der Waals surface area contributed by atoms with E-state index in [9.17, 15) is 4.79 Å². The zero-order valence-electron chi connectivity index (χ0n) is 10.7. The summed E-state index contributed by atoms with van der Waals surface area (Å²) in [4.78, 5) is 11.8. The zero-order chi connectivity index (χ0) is 13.9. The quantitative estimate of drug-likeness (QED) is 0.671. The van der Waals surface area contributed by atoms with Crippen LogP contribution in [0.15, 0.2) is 12.1 Å². The molecule has 0 saturated heterocycles. The van der Waals surface area contributed by atoms with E-state index in [2.05, 4.69) is 20.8 Å². The van der Waals surface area contributed by atoms with Crippen LogP contribution in [0.3, 0.4) is 0 Å².